The molecule has 2 heterocycles. The van der Waals surface area contributed by atoms with Gasteiger partial charge in [-0.3, -0.25) is 4.79 Å². The third-order valence-corrected chi connectivity index (χ3v) is 5.47. The quantitative estimate of drug-likeness (QED) is 0.561. The van der Waals surface area contributed by atoms with Crippen molar-refractivity contribution in [2.75, 3.05) is 0 Å². The molecule has 4 aromatic rings. The number of fused-ring (bicyclic) bond motifs is 3. The molecule has 0 aliphatic heterocycles. The molecule has 2 aromatic carbocycles. The zero-order valence-corrected chi connectivity index (χ0v) is 15.8. The lowest BCUT2D eigenvalue weighted by molar-refractivity contribution is 0.0932. The van der Waals surface area contributed by atoms with Gasteiger partial charge in [-0.25, -0.2) is 4.39 Å². The molecule has 146 valence electrons. The lowest BCUT2D eigenvalue weighted by Crippen LogP contribution is -2.31. The van der Waals surface area contributed by atoms with E-state index in [1.807, 2.05) is 19.1 Å². The highest BCUT2D eigenvalue weighted by Gasteiger charge is 2.26. The lowest BCUT2D eigenvalue weighted by Gasteiger charge is -2.24. The van der Waals surface area contributed by atoms with Gasteiger partial charge in [0.1, 0.15) is 5.82 Å². The van der Waals surface area contributed by atoms with Crippen LogP contribution >= 0.6 is 0 Å². The van der Waals surface area contributed by atoms with Gasteiger partial charge in [-0.05, 0) is 84.6 Å². The number of nitrogens with one attached hydrogen (secondary N) is 2. The predicted octanol–water partition coefficient (Wildman–Crippen LogP) is 3.40. The van der Waals surface area contributed by atoms with Crippen LogP contribution in [0, 0.1) is 12.7 Å². The van der Waals surface area contributed by atoms with E-state index in [2.05, 4.69) is 25.8 Å². The van der Waals surface area contributed by atoms with Crippen molar-refractivity contribution in [2.24, 2.45) is 0 Å². The second-order valence-corrected chi connectivity index (χ2v) is 7.31. The maximum absolute atomic E-state index is 13.7. The van der Waals surface area contributed by atoms with Crippen molar-refractivity contribution in [3.63, 3.8) is 0 Å². The van der Waals surface area contributed by atoms with E-state index in [0.717, 1.165) is 47.1 Å². The molecule has 1 amide bonds. The molecule has 1 atom stereocenters. The number of carbonyl (C=O) groups is 1. The third-order valence-electron chi connectivity index (χ3n) is 5.47. The minimum atomic E-state index is -0.247. The van der Waals surface area contributed by atoms with E-state index in [4.69, 9.17) is 0 Å². The number of halogens is 1. The maximum Gasteiger partial charge on any atom is 0.251 e. The SMILES string of the molecule is Cc1nnnn1-c1ccc(C(=O)N[C@@H]2CCCc3c2[nH]c2ccc(F)cc32)cc1. The lowest BCUT2D eigenvalue weighted by atomic mass is 9.91. The van der Waals surface area contributed by atoms with Crippen LogP contribution < -0.4 is 5.32 Å². The second kappa shape index (κ2) is 6.80. The van der Waals surface area contributed by atoms with Crippen LogP contribution in [-0.4, -0.2) is 31.1 Å². The number of aromatic nitrogens is 5. The number of hydrogen-bond donors (Lipinski definition) is 2. The maximum atomic E-state index is 13.7. The molecule has 0 saturated carbocycles. The fourth-order valence-corrected chi connectivity index (χ4v) is 4.05. The first-order valence-corrected chi connectivity index (χ1v) is 9.56. The Morgan fingerprint density at radius 3 is 2.83 bits per heavy atom. The van der Waals surface area contributed by atoms with Gasteiger partial charge in [-0.1, -0.05) is 0 Å². The molecule has 7 nitrogen and oxygen atoms in total. The van der Waals surface area contributed by atoms with Crippen LogP contribution in [0.15, 0.2) is 42.5 Å². The van der Waals surface area contributed by atoms with Gasteiger partial charge in [0.05, 0.1) is 11.7 Å². The predicted molar refractivity (Wildman–Crippen MR) is 105 cm³/mol. The molecule has 0 saturated heterocycles. The van der Waals surface area contributed by atoms with Crippen LogP contribution in [0.2, 0.25) is 0 Å². The van der Waals surface area contributed by atoms with E-state index < -0.39 is 0 Å². The Morgan fingerprint density at radius 1 is 1.24 bits per heavy atom. The molecule has 0 radical (unpaired) electrons. The van der Waals surface area contributed by atoms with Crippen molar-refractivity contribution in [1.29, 1.82) is 0 Å². The summed E-state index contributed by atoms with van der Waals surface area (Å²) in [6.45, 7) is 1.81. The summed E-state index contributed by atoms with van der Waals surface area (Å²) in [5, 5.41) is 15.5. The standard InChI is InChI=1S/C21H19FN6O/c1-12-25-26-27-28(12)15-8-5-13(6-9-15)21(29)24-19-4-2-3-16-17-11-14(22)7-10-18(17)23-20(16)19/h5-11,19,23H,2-4H2,1H3,(H,24,29)/t19-/m1/s1. The van der Waals surface area contributed by atoms with Gasteiger partial charge in [0.25, 0.3) is 5.91 Å². The molecular formula is C21H19FN6O. The Kier molecular flexibility index (Phi) is 4.12. The largest absolute Gasteiger partial charge is 0.356 e. The monoisotopic (exact) mass is 390 g/mol. The summed E-state index contributed by atoms with van der Waals surface area (Å²) >= 11 is 0. The fourth-order valence-electron chi connectivity index (χ4n) is 4.05. The number of aromatic amines is 1. The summed E-state index contributed by atoms with van der Waals surface area (Å²) in [7, 11) is 0. The number of carbonyl (C=O) groups excluding carboxylic acids is 1. The summed E-state index contributed by atoms with van der Waals surface area (Å²) in [6.07, 6.45) is 2.67. The van der Waals surface area contributed by atoms with Crippen molar-refractivity contribution in [2.45, 2.75) is 32.2 Å². The molecule has 0 fully saturated rings. The van der Waals surface area contributed by atoms with Gasteiger partial charge >= 0.3 is 0 Å². The summed E-state index contributed by atoms with van der Waals surface area (Å²) in [5.74, 6) is 0.281. The van der Waals surface area contributed by atoms with Crippen LogP contribution in [-0.2, 0) is 6.42 Å². The molecule has 2 N–H and O–H groups in total. The second-order valence-electron chi connectivity index (χ2n) is 7.31. The molecule has 0 unspecified atom stereocenters. The van der Waals surface area contributed by atoms with Crippen molar-refractivity contribution >= 4 is 16.8 Å². The van der Waals surface area contributed by atoms with Crippen molar-refractivity contribution < 1.29 is 9.18 Å². The van der Waals surface area contributed by atoms with Gasteiger partial charge in [-0.15, -0.1) is 5.10 Å². The van der Waals surface area contributed by atoms with Crippen molar-refractivity contribution in [3.05, 3.63) is 70.9 Å². The van der Waals surface area contributed by atoms with E-state index in [9.17, 15) is 9.18 Å². The molecule has 29 heavy (non-hydrogen) atoms. The minimum Gasteiger partial charge on any atom is -0.356 e. The van der Waals surface area contributed by atoms with Crippen LogP contribution in [0.5, 0.6) is 0 Å². The Bertz CT molecular complexity index is 1210. The number of tetrazole rings is 1. The average molecular weight is 390 g/mol. The number of benzene rings is 2. The van der Waals surface area contributed by atoms with Crippen LogP contribution in [0.4, 0.5) is 4.39 Å². The normalized spacial score (nSPS) is 16.0. The number of amides is 1. The highest BCUT2D eigenvalue weighted by Crippen LogP contribution is 2.35. The molecule has 5 rings (SSSR count). The van der Waals surface area contributed by atoms with Gasteiger partial charge < -0.3 is 10.3 Å². The molecule has 1 aliphatic carbocycles. The number of nitrogens with zero attached hydrogens (tertiary/aromatic N) is 4. The number of H-pyrrole nitrogens is 1. The zero-order chi connectivity index (χ0) is 20.0. The first kappa shape index (κ1) is 17.5. The minimum absolute atomic E-state index is 0.122. The molecule has 0 spiro atoms. The molecule has 1 aliphatic rings. The zero-order valence-electron chi connectivity index (χ0n) is 15.8. The Morgan fingerprint density at radius 2 is 2.07 bits per heavy atom. The van der Waals surface area contributed by atoms with E-state index in [-0.39, 0.29) is 17.8 Å². The number of hydrogen-bond acceptors (Lipinski definition) is 4. The molecule has 2 aromatic heterocycles. The van der Waals surface area contributed by atoms with Crippen LogP contribution in [0.25, 0.3) is 16.6 Å². The van der Waals surface area contributed by atoms with E-state index in [0.29, 0.717) is 11.4 Å². The summed E-state index contributed by atoms with van der Waals surface area (Å²) in [4.78, 5) is 16.2. The smallest absolute Gasteiger partial charge is 0.251 e. The van der Waals surface area contributed by atoms with E-state index in [1.165, 1.54) is 6.07 Å². The molecule has 0 bridgehead atoms. The summed E-state index contributed by atoms with van der Waals surface area (Å²) in [6, 6.07) is 11.8. The summed E-state index contributed by atoms with van der Waals surface area (Å²) in [5.41, 5.74) is 4.33. The third kappa shape index (κ3) is 3.06. The highest BCUT2D eigenvalue weighted by molar-refractivity contribution is 5.95. The van der Waals surface area contributed by atoms with E-state index in [1.54, 1.807) is 28.9 Å². The Labute approximate surface area is 165 Å². The number of rotatable bonds is 3. The molecule has 8 heteroatoms. The van der Waals surface area contributed by atoms with Gasteiger partial charge in [0.15, 0.2) is 5.82 Å². The van der Waals surface area contributed by atoms with Crippen LogP contribution in [0.1, 0.15) is 46.3 Å². The Hall–Kier alpha value is -3.55. The van der Waals surface area contributed by atoms with Crippen molar-refractivity contribution in [1.82, 2.24) is 30.5 Å². The first-order chi connectivity index (χ1) is 14.1. The Balaban J connectivity index is 1.39. The highest BCUT2D eigenvalue weighted by atomic mass is 19.1. The number of aryl methyl sites for hydroxylation is 2. The van der Waals surface area contributed by atoms with Crippen molar-refractivity contribution in [3.8, 4) is 5.69 Å². The van der Waals surface area contributed by atoms with E-state index >= 15 is 0 Å². The summed E-state index contributed by atoms with van der Waals surface area (Å²) < 4.78 is 15.3. The van der Waals surface area contributed by atoms with Gasteiger partial charge in [0, 0.05) is 22.2 Å². The van der Waals surface area contributed by atoms with Crippen LogP contribution in [0.3, 0.4) is 0 Å². The van der Waals surface area contributed by atoms with Gasteiger partial charge in [0.2, 0.25) is 0 Å². The van der Waals surface area contributed by atoms with Gasteiger partial charge in [-0.2, -0.15) is 4.68 Å². The topological polar surface area (TPSA) is 88.5 Å². The first-order valence-electron chi connectivity index (χ1n) is 9.56. The fraction of sp³-hybridized carbons (Fsp3) is 0.238. The molecular weight excluding hydrogens is 371 g/mol. The average Bonchev–Trinajstić information content (AvgIpc) is 3.32.